The van der Waals surface area contributed by atoms with Crippen LogP contribution in [-0.2, 0) is 68.7 Å². The molecule has 131 heavy (non-hydrogen) atoms. The van der Waals surface area contributed by atoms with Gasteiger partial charge < -0.3 is 99.5 Å². The van der Waals surface area contributed by atoms with Crippen molar-refractivity contribution in [2.45, 2.75) is 229 Å². The maximum atomic E-state index is 12.4. The second-order valence-corrected chi connectivity index (χ2v) is 60.4. The van der Waals surface area contributed by atoms with Gasteiger partial charge in [0, 0.05) is 115 Å². The van der Waals surface area contributed by atoms with Gasteiger partial charge in [-0.2, -0.15) is 0 Å². The van der Waals surface area contributed by atoms with Gasteiger partial charge in [0.05, 0.1) is 41.6 Å². The molecule has 0 radical (unpaired) electrons. The molecule has 0 saturated carbocycles. The van der Waals surface area contributed by atoms with E-state index in [1.807, 2.05) is 59.8 Å². The number of rotatable bonds is 34. The number of aromatic nitrogens is 10. The molecule has 5 aliphatic rings. The normalized spacial score (nSPS) is 26.1. The summed E-state index contributed by atoms with van der Waals surface area (Å²) in [6.45, 7) is 31.5. The average molecular weight is 1960 g/mol. The van der Waals surface area contributed by atoms with Crippen molar-refractivity contribution >= 4 is 78.1 Å². The summed E-state index contributed by atoms with van der Waals surface area (Å²) in [7, 11) is 4.37. The fraction of sp³-hybridized carbons (Fsp3) is 0.648. The van der Waals surface area contributed by atoms with Crippen LogP contribution in [0.5, 0.6) is 0 Å². The maximum absolute atomic E-state index is 12.4. The van der Waals surface area contributed by atoms with Crippen molar-refractivity contribution in [1.29, 1.82) is 0 Å². The molecule has 10 rings (SSSR count). The van der Waals surface area contributed by atoms with Crippen molar-refractivity contribution in [1.82, 2.24) is 63.3 Å². The van der Waals surface area contributed by atoms with E-state index in [9.17, 15) is 89.1 Å². The van der Waals surface area contributed by atoms with Gasteiger partial charge in [0.25, 0.3) is 27.8 Å². The summed E-state index contributed by atoms with van der Waals surface area (Å²) >= 11 is 5.26. The number of aromatic amines is 4. The SMILES string of the molecule is C=P(C)(C)CC[C@H]1OC(c2cn(C)c(=O)n(C)c2=O)[C@H](O)[C@@H]1O.C=P(C)(C)CC[C@H]1OC(c2cn(CC)c(=O)[nH]c2=O)[C@H](O)[C@@H]1O.C=P(C)(C)CC[C@H]1OC(n2cc(CNCC=C(C)C)c(=O)[nH]c2=O)[C@H](O)[C@@H]1O.C=P(C)(C)CC[C@H]1OC(n2cc(CNCC=C(C)C)c(=O)[nH]c2=O)[C@H](OC)[C@@H]1O.C=P(C)(C)CC[C@H]1OC(n2cc(CNCC=C(C)C)c(=O)[nH]c2=S)[C@H](O)[C@@H]1O. The first-order valence-electron chi connectivity index (χ1n) is 43.6. The standard InChI is InChI=1S/C20H34N3O5P.C19H32N3O5P.C19H32N3O4PS.2C15H25N2O5P/c1-13(2)7-9-21-11-14-12-23(20(26)22-18(14)25)19-17(27-3)16(24)15(28-19)8-10-29(4,5)6;1-12(2)6-8-20-10-13-11-22(19(26)21-17(13)25)18-16(24)15(23)14(27-18)7-9-28(3,4)5;1-12(2)6-8-20-10-13-11-22(19(28)21-17(13)25)18-16(24)15(23)14(26-18)7-9-27(3,4)5;1-16-8-9(14(20)17(2)15(16)21)13-12(19)11(18)10(22-13)6-7-23(3,4)5;1-5-17-8-9(14(20)16-15(17)21)13-12(19)11(18)10(22-13)6-7-23(2,3)4/h7,12,15-17,19,21,24H,4,8-11H2,1-3,5-6H3,(H,22,25,26);6,11,14-16,18,20,23-24H,3,7-10H2,1-2,4-5H3,(H,21,25,26);6,11,14-16,18,20,23-24H,3,7-10H2,1-2,4-5H3,(H,21,25,28);8,10-13,18-19H,3,6-7H2,1-2,4-5H3;8,10-13,18-19H,2,5-7H2,1,3-4H3,(H,16,20,21)/t15-,16-,17-,19?;2*14-,15-,16-,18?;2*10-,11-,12-,13?/m11111/s1. The lowest BCUT2D eigenvalue weighted by Gasteiger charge is -2.21. The smallest absolute Gasteiger partial charge is 0.330 e. The van der Waals surface area contributed by atoms with Crippen molar-refractivity contribution in [2.75, 3.05) is 124 Å². The number of nitrogens with zero attached hydrogens (tertiary/aromatic N) is 6. The Balaban J connectivity index is 0.000000253. The fourth-order valence-corrected chi connectivity index (χ4v) is 19.7. The summed E-state index contributed by atoms with van der Waals surface area (Å²) in [5.74, 6) is 0. The zero-order valence-electron chi connectivity index (χ0n) is 79.7. The minimum atomic E-state index is -1.30. The number of allylic oxidation sites excluding steroid dienone is 3. The summed E-state index contributed by atoms with van der Waals surface area (Å²) in [5.41, 5.74) is 0.535. The van der Waals surface area contributed by atoms with Gasteiger partial charge in [-0.25, -0.2) is 19.2 Å². The lowest BCUT2D eigenvalue weighted by atomic mass is 10.0. The van der Waals surface area contributed by atoms with Crippen molar-refractivity contribution < 1.29 is 74.4 Å². The number of H-pyrrole nitrogens is 4. The van der Waals surface area contributed by atoms with Gasteiger partial charge in [0.1, 0.15) is 73.2 Å². The highest BCUT2D eigenvalue weighted by atomic mass is 32.1. The molecule has 5 aliphatic heterocycles. The molecular weight excluding hydrogens is 1810 g/mol. The van der Waals surface area contributed by atoms with E-state index in [2.05, 4.69) is 134 Å². The Bertz CT molecular complexity index is 5530. The Morgan fingerprint density at radius 3 is 1.09 bits per heavy atom. The molecule has 5 aromatic rings. The van der Waals surface area contributed by atoms with Crippen LogP contribution in [-0.4, -0.2) is 341 Å². The molecule has 20 atom stereocenters. The Morgan fingerprint density at radius 2 is 0.733 bits per heavy atom. The van der Waals surface area contributed by atoms with Crippen molar-refractivity contribution in [3.8, 4) is 0 Å². The lowest BCUT2D eigenvalue weighted by molar-refractivity contribution is -0.0542. The molecule has 740 valence electrons. The van der Waals surface area contributed by atoms with Crippen LogP contribution in [0.15, 0.2) is 109 Å². The second-order valence-electron chi connectivity index (χ2n) is 38.4. The molecule has 43 heteroatoms. The quantitative estimate of drug-likeness (QED) is 0.0121. The van der Waals surface area contributed by atoms with E-state index < -0.39 is 202 Å². The van der Waals surface area contributed by atoms with Crippen LogP contribution >= 0.6 is 46.6 Å². The van der Waals surface area contributed by atoms with Crippen LogP contribution in [0.25, 0.3) is 0 Å². The third kappa shape index (κ3) is 33.9. The second kappa shape index (κ2) is 49.7. The Morgan fingerprint density at radius 1 is 0.420 bits per heavy atom. The molecular formula is C88H148N13O24P5S. The predicted molar refractivity (Wildman–Crippen MR) is 535 cm³/mol. The predicted octanol–water partition coefficient (Wildman–Crippen LogP) is 2.12. The van der Waals surface area contributed by atoms with Crippen LogP contribution in [0, 0.1) is 4.77 Å². The molecule has 0 aromatic carbocycles. The third-order valence-corrected chi connectivity index (χ3v) is 30.1. The Hall–Kier alpha value is -6.18. The first kappa shape index (κ1) is 114. The first-order chi connectivity index (χ1) is 60.7. The highest BCUT2D eigenvalue weighted by Crippen LogP contribution is 2.45. The lowest BCUT2D eigenvalue weighted by Crippen LogP contribution is -2.40. The van der Waals surface area contributed by atoms with Crippen LogP contribution < -0.4 is 66.5 Å². The van der Waals surface area contributed by atoms with Gasteiger partial charge in [-0.1, -0.05) is 34.9 Å². The maximum Gasteiger partial charge on any atom is 0.330 e. The van der Waals surface area contributed by atoms with Crippen molar-refractivity contribution in [2.24, 2.45) is 14.1 Å². The number of nitrogens with one attached hydrogen (secondary N) is 7. The molecule has 5 saturated heterocycles. The number of aliphatic hydroxyl groups excluding tert-OH is 9. The van der Waals surface area contributed by atoms with E-state index >= 15 is 0 Å². The number of aryl methyl sites for hydroxylation is 2. The fourth-order valence-electron chi connectivity index (χ4n) is 14.7. The molecule has 5 unspecified atom stereocenters. The van der Waals surface area contributed by atoms with Gasteiger partial charge in [0.2, 0.25) is 0 Å². The number of hydrogen-bond donors (Lipinski definition) is 16. The molecule has 5 fully saturated rings. The number of ether oxygens (including phenoxy) is 6. The molecule has 37 nitrogen and oxygen atoms in total. The molecule has 0 amide bonds. The Labute approximate surface area is 771 Å². The molecule has 0 bridgehead atoms. The summed E-state index contributed by atoms with van der Waals surface area (Å²) < 4.78 is 42.4. The van der Waals surface area contributed by atoms with Gasteiger partial charge in [0.15, 0.2) is 23.5 Å². The van der Waals surface area contributed by atoms with Crippen molar-refractivity contribution in [3.63, 3.8) is 0 Å². The first-order valence-corrected chi connectivity index (χ1v) is 59.3. The number of hydrogen-bond acceptors (Lipinski definition) is 28. The molecule has 16 N–H and O–H groups in total. The minimum absolute atomic E-state index is 0.153. The monoisotopic (exact) mass is 1960 g/mol. The highest BCUT2D eigenvalue weighted by molar-refractivity contribution is 7.73. The summed E-state index contributed by atoms with van der Waals surface area (Å²) in [6, 6.07) is 0. The average Bonchev–Trinajstić information content (AvgIpc) is 1.69. The third-order valence-electron chi connectivity index (χ3n) is 22.4. The molecule has 0 spiro atoms. The van der Waals surface area contributed by atoms with Gasteiger partial charge >= 0.3 is 22.8 Å². The summed E-state index contributed by atoms with van der Waals surface area (Å²) in [6.07, 6.45) is 23.3. The van der Waals surface area contributed by atoms with Crippen LogP contribution in [0.4, 0.5) is 0 Å². The van der Waals surface area contributed by atoms with E-state index in [-0.39, 0.29) is 28.0 Å². The zero-order chi connectivity index (χ0) is 98.8. The largest absolute Gasteiger partial charge is 0.388 e. The summed E-state index contributed by atoms with van der Waals surface area (Å²) in [5, 5.41) is 103. The highest BCUT2D eigenvalue weighted by Gasteiger charge is 2.49. The zero-order valence-corrected chi connectivity index (χ0v) is 85.0. The van der Waals surface area contributed by atoms with Gasteiger partial charge in [-0.3, -0.25) is 62.2 Å². The molecule has 10 heterocycles. The van der Waals surface area contributed by atoms with E-state index in [1.165, 1.54) is 75.4 Å². The van der Waals surface area contributed by atoms with Crippen LogP contribution in [0.2, 0.25) is 0 Å². The number of methoxy groups -OCH3 is 1. The van der Waals surface area contributed by atoms with Crippen LogP contribution in [0.1, 0.15) is 139 Å². The van der Waals surface area contributed by atoms with Crippen LogP contribution in [0.3, 0.4) is 0 Å². The molecule has 5 aromatic heterocycles. The van der Waals surface area contributed by atoms with Gasteiger partial charge in [-0.15, -0.1) is 65.9 Å². The van der Waals surface area contributed by atoms with E-state index in [0.29, 0.717) is 88.1 Å². The Kier molecular flexibility index (Phi) is 43.1. The van der Waals surface area contributed by atoms with E-state index in [4.69, 9.17) is 40.6 Å². The minimum Gasteiger partial charge on any atom is -0.388 e. The number of aliphatic hydroxyl groups is 9. The summed E-state index contributed by atoms with van der Waals surface area (Å²) in [4.78, 5) is 118. The van der Waals surface area contributed by atoms with Crippen molar-refractivity contribution in [3.05, 3.63) is 192 Å². The topological polar surface area (TPSA) is 520 Å². The van der Waals surface area contributed by atoms with Gasteiger partial charge in [-0.05, 0) is 190 Å². The molecule has 0 aliphatic carbocycles. The van der Waals surface area contributed by atoms with E-state index in [0.717, 1.165) is 45.5 Å². The van der Waals surface area contributed by atoms with E-state index in [1.54, 1.807) is 13.1 Å².